The van der Waals surface area contributed by atoms with E-state index in [-0.39, 0.29) is 5.88 Å². The van der Waals surface area contributed by atoms with E-state index in [1.165, 1.54) is 11.3 Å². The topological polar surface area (TPSA) is 73.6 Å². The fourth-order valence-corrected chi connectivity index (χ4v) is 3.28. The number of fused-ring (bicyclic) bond motifs is 1. The molecule has 4 rings (SSSR count). The summed E-state index contributed by atoms with van der Waals surface area (Å²) >= 11 is 4.83. The summed E-state index contributed by atoms with van der Waals surface area (Å²) in [6, 6.07) is 15.5. The minimum Gasteiger partial charge on any atom is -0.493 e. The maximum atomic E-state index is 9.99. The van der Waals surface area contributed by atoms with Crippen molar-refractivity contribution in [3.05, 3.63) is 58.4 Å². The molecule has 0 spiro atoms. The summed E-state index contributed by atoms with van der Waals surface area (Å²) in [5.74, 6) is 0.00430. The van der Waals surface area contributed by atoms with Crippen LogP contribution in [0, 0.1) is 0 Å². The van der Waals surface area contributed by atoms with Crippen LogP contribution in [0.2, 0.25) is 0 Å². The molecule has 5 nitrogen and oxygen atoms in total. The molecule has 0 bridgehead atoms. The number of aromatic amines is 1. The van der Waals surface area contributed by atoms with Crippen LogP contribution in [0.25, 0.3) is 22.2 Å². The first-order valence-corrected chi connectivity index (χ1v) is 8.81. The number of thiazole rings is 1. The van der Waals surface area contributed by atoms with E-state index in [1.807, 2.05) is 53.9 Å². The average molecular weight is 399 g/mol. The second kappa shape index (κ2) is 6.18. The lowest BCUT2D eigenvalue weighted by molar-refractivity contribution is 0.459. The fourth-order valence-electron chi connectivity index (χ4n) is 2.37. The van der Waals surface area contributed by atoms with Gasteiger partial charge in [0.2, 0.25) is 11.0 Å². The molecular weight excluding hydrogens is 388 g/mol. The summed E-state index contributed by atoms with van der Waals surface area (Å²) in [5, 5.41) is 21.6. The van der Waals surface area contributed by atoms with Crippen LogP contribution in [-0.2, 0) is 0 Å². The summed E-state index contributed by atoms with van der Waals surface area (Å²) in [6.45, 7) is 0. The molecule has 0 saturated heterocycles. The number of halogens is 1. The molecule has 2 N–H and O–H groups in total. The van der Waals surface area contributed by atoms with Crippen molar-refractivity contribution < 1.29 is 5.11 Å². The van der Waals surface area contributed by atoms with Gasteiger partial charge in [-0.2, -0.15) is 0 Å². The van der Waals surface area contributed by atoms with Crippen LogP contribution in [0.1, 0.15) is 0 Å². The van der Waals surface area contributed by atoms with Crippen molar-refractivity contribution in [3.8, 4) is 17.1 Å². The van der Waals surface area contributed by atoms with Crippen molar-refractivity contribution in [3.63, 3.8) is 0 Å². The normalized spacial score (nSPS) is 11.5. The number of rotatable bonds is 3. The molecule has 0 atom stereocenters. The largest absolute Gasteiger partial charge is 0.493 e. The highest BCUT2D eigenvalue weighted by Crippen LogP contribution is 2.36. The Morgan fingerprint density at radius 1 is 1.04 bits per heavy atom. The van der Waals surface area contributed by atoms with Crippen molar-refractivity contribution in [2.45, 2.75) is 0 Å². The van der Waals surface area contributed by atoms with Crippen LogP contribution in [-0.4, -0.2) is 15.1 Å². The molecule has 118 valence electrons. The molecule has 0 aliphatic rings. The number of aromatic nitrogens is 2. The molecule has 0 aliphatic carbocycles. The van der Waals surface area contributed by atoms with Crippen LogP contribution in [0.15, 0.2) is 68.6 Å². The molecule has 0 saturated carbocycles. The van der Waals surface area contributed by atoms with Gasteiger partial charge in [0, 0.05) is 20.8 Å². The Morgan fingerprint density at radius 3 is 2.67 bits per heavy atom. The number of hydrogen-bond acceptors (Lipinski definition) is 5. The lowest BCUT2D eigenvalue weighted by Gasteiger charge is -1.95. The molecule has 24 heavy (non-hydrogen) atoms. The van der Waals surface area contributed by atoms with Crippen LogP contribution < -0.4 is 0 Å². The second-order valence-electron chi connectivity index (χ2n) is 5.09. The van der Waals surface area contributed by atoms with Gasteiger partial charge in [-0.15, -0.1) is 21.6 Å². The number of benzene rings is 2. The summed E-state index contributed by atoms with van der Waals surface area (Å²) in [6.07, 6.45) is 0. The molecule has 2 aromatic carbocycles. The van der Waals surface area contributed by atoms with Crippen molar-refractivity contribution in [1.82, 2.24) is 9.97 Å². The van der Waals surface area contributed by atoms with Gasteiger partial charge in [0.05, 0.1) is 11.2 Å². The highest BCUT2D eigenvalue weighted by atomic mass is 79.9. The SMILES string of the molecule is Oc1[nH]c2ccccc2c1/N=N/c1nc(-c2ccc(Br)cc2)cs1. The van der Waals surface area contributed by atoms with Gasteiger partial charge < -0.3 is 10.1 Å². The van der Waals surface area contributed by atoms with Gasteiger partial charge in [0.15, 0.2) is 5.69 Å². The first kappa shape index (κ1) is 15.0. The molecule has 4 aromatic rings. The van der Waals surface area contributed by atoms with Gasteiger partial charge in [0.1, 0.15) is 0 Å². The predicted molar refractivity (Wildman–Crippen MR) is 99.4 cm³/mol. The van der Waals surface area contributed by atoms with Gasteiger partial charge in [-0.05, 0) is 18.2 Å². The van der Waals surface area contributed by atoms with Gasteiger partial charge in [-0.3, -0.25) is 0 Å². The van der Waals surface area contributed by atoms with Crippen molar-refractivity contribution >= 4 is 49.0 Å². The third-order valence-corrected chi connectivity index (χ3v) is 4.78. The number of hydrogen-bond donors (Lipinski definition) is 2. The monoisotopic (exact) mass is 398 g/mol. The Labute approximate surface area is 149 Å². The number of H-pyrrole nitrogens is 1. The number of azo groups is 1. The predicted octanol–water partition coefficient (Wildman–Crippen LogP) is 6.17. The molecule has 2 aromatic heterocycles. The third kappa shape index (κ3) is 2.83. The number of para-hydroxylation sites is 1. The lowest BCUT2D eigenvalue weighted by Crippen LogP contribution is -1.75. The number of nitrogens with zero attached hydrogens (tertiary/aromatic N) is 3. The maximum absolute atomic E-state index is 9.99. The van der Waals surface area contributed by atoms with E-state index in [4.69, 9.17) is 0 Å². The number of aromatic hydroxyl groups is 1. The Morgan fingerprint density at radius 2 is 1.83 bits per heavy atom. The quantitative estimate of drug-likeness (QED) is 0.404. The van der Waals surface area contributed by atoms with Crippen LogP contribution in [0.3, 0.4) is 0 Å². The van der Waals surface area contributed by atoms with Gasteiger partial charge in [-0.1, -0.05) is 46.3 Å². The minimum atomic E-state index is 0.00430. The van der Waals surface area contributed by atoms with E-state index in [0.29, 0.717) is 10.8 Å². The zero-order valence-corrected chi connectivity index (χ0v) is 14.7. The molecule has 7 heteroatoms. The van der Waals surface area contributed by atoms with Crippen molar-refractivity contribution in [2.24, 2.45) is 10.2 Å². The van der Waals surface area contributed by atoms with Crippen LogP contribution >= 0.6 is 27.3 Å². The zero-order valence-electron chi connectivity index (χ0n) is 12.3. The molecule has 0 aliphatic heterocycles. The second-order valence-corrected chi connectivity index (χ2v) is 6.84. The van der Waals surface area contributed by atoms with Crippen LogP contribution in [0.4, 0.5) is 10.8 Å². The zero-order chi connectivity index (χ0) is 16.5. The Hall–Kier alpha value is -2.51. The van der Waals surface area contributed by atoms with Crippen molar-refractivity contribution in [2.75, 3.05) is 0 Å². The Bertz CT molecular complexity index is 1040. The molecular formula is C17H11BrN4OS. The molecule has 2 heterocycles. The van der Waals surface area contributed by atoms with Crippen LogP contribution in [0.5, 0.6) is 5.88 Å². The van der Waals surface area contributed by atoms with E-state index in [9.17, 15) is 5.11 Å². The van der Waals surface area contributed by atoms with E-state index < -0.39 is 0 Å². The van der Waals surface area contributed by atoms with E-state index in [1.54, 1.807) is 0 Å². The van der Waals surface area contributed by atoms with Gasteiger partial charge >= 0.3 is 0 Å². The van der Waals surface area contributed by atoms with Gasteiger partial charge in [-0.25, -0.2) is 4.98 Å². The summed E-state index contributed by atoms with van der Waals surface area (Å²) in [4.78, 5) is 7.35. The Balaban J connectivity index is 1.64. The van der Waals surface area contributed by atoms with Gasteiger partial charge in [0.25, 0.3) is 0 Å². The lowest BCUT2D eigenvalue weighted by atomic mass is 10.2. The van der Waals surface area contributed by atoms with E-state index >= 15 is 0 Å². The van der Waals surface area contributed by atoms with Crippen molar-refractivity contribution in [1.29, 1.82) is 0 Å². The molecule has 0 unspecified atom stereocenters. The first-order chi connectivity index (χ1) is 11.7. The standard InChI is InChI=1S/C17H11BrN4OS/c18-11-7-5-10(6-8-11)14-9-24-17(20-14)22-21-15-12-3-1-2-4-13(12)19-16(15)23/h1-9,19,23H/b22-21+. The molecule has 0 amide bonds. The first-order valence-electron chi connectivity index (χ1n) is 7.13. The highest BCUT2D eigenvalue weighted by Gasteiger charge is 2.10. The average Bonchev–Trinajstić information content (AvgIpc) is 3.17. The third-order valence-electron chi connectivity index (χ3n) is 3.53. The van der Waals surface area contributed by atoms with E-state index in [2.05, 4.69) is 36.1 Å². The summed E-state index contributed by atoms with van der Waals surface area (Å²) < 4.78 is 1.02. The summed E-state index contributed by atoms with van der Waals surface area (Å²) in [7, 11) is 0. The highest BCUT2D eigenvalue weighted by molar-refractivity contribution is 9.10. The summed E-state index contributed by atoms with van der Waals surface area (Å²) in [5.41, 5.74) is 3.11. The fraction of sp³-hybridized carbons (Fsp3) is 0. The smallest absolute Gasteiger partial charge is 0.230 e. The van der Waals surface area contributed by atoms with E-state index in [0.717, 1.165) is 26.6 Å². The maximum Gasteiger partial charge on any atom is 0.230 e. The Kier molecular flexibility index (Phi) is 3.87. The minimum absolute atomic E-state index is 0.00430. The molecule has 0 radical (unpaired) electrons. The molecule has 0 fully saturated rings. The number of nitrogens with one attached hydrogen (secondary N) is 1.